The zero-order valence-electron chi connectivity index (χ0n) is 19.1. The molecule has 0 bridgehead atoms. The quantitative estimate of drug-likeness (QED) is 0.522. The number of carbonyl (C=O) groups excluding carboxylic acids is 2. The molecule has 0 unspecified atom stereocenters. The van der Waals surface area contributed by atoms with Crippen LogP contribution in [-0.2, 0) is 31.0 Å². The number of fused-ring (bicyclic) bond motifs is 1. The third-order valence-electron chi connectivity index (χ3n) is 5.61. The Morgan fingerprint density at radius 1 is 1.12 bits per heavy atom. The van der Waals surface area contributed by atoms with Gasteiger partial charge in [0.15, 0.2) is 0 Å². The molecule has 0 spiro atoms. The van der Waals surface area contributed by atoms with Gasteiger partial charge in [0.05, 0.1) is 14.2 Å². The topological polar surface area (TPSA) is 80.3 Å². The summed E-state index contributed by atoms with van der Waals surface area (Å²) in [4.78, 5) is 25.4. The standard InChI is InChI=1S/C24H25F3O7/c1-14(33-22(29)23(32-4,24(25,26)27)16-8-6-5-7-9-16)10-18-12-15-11-17(30-2)13-19(31-3)20(15)21(28)34-18/h5-9,11,13-14,18H,10,12H2,1-4H3/t14-,18-,23-/m1/s1. The average Bonchev–Trinajstić information content (AvgIpc) is 2.78. The highest BCUT2D eigenvalue weighted by atomic mass is 19.4. The van der Waals surface area contributed by atoms with E-state index in [0.29, 0.717) is 11.3 Å². The molecule has 10 heteroatoms. The fourth-order valence-corrected chi connectivity index (χ4v) is 4.02. The number of benzene rings is 2. The van der Waals surface area contributed by atoms with E-state index in [1.165, 1.54) is 39.3 Å². The number of cyclic esters (lactones) is 1. The first-order valence-corrected chi connectivity index (χ1v) is 10.4. The minimum atomic E-state index is -5.08. The molecule has 34 heavy (non-hydrogen) atoms. The maximum atomic E-state index is 14.1. The third-order valence-corrected chi connectivity index (χ3v) is 5.61. The van der Waals surface area contributed by atoms with Crippen LogP contribution in [0.3, 0.4) is 0 Å². The van der Waals surface area contributed by atoms with Crippen LogP contribution in [0, 0.1) is 0 Å². The smallest absolute Gasteiger partial charge is 0.432 e. The molecule has 0 radical (unpaired) electrons. The van der Waals surface area contributed by atoms with Gasteiger partial charge >= 0.3 is 18.1 Å². The highest BCUT2D eigenvalue weighted by Crippen LogP contribution is 2.43. The predicted octanol–water partition coefficient (Wildman–Crippen LogP) is 4.21. The van der Waals surface area contributed by atoms with Crippen molar-refractivity contribution < 1.29 is 46.4 Å². The van der Waals surface area contributed by atoms with Crippen molar-refractivity contribution in [2.45, 2.75) is 43.8 Å². The molecule has 2 aromatic carbocycles. The predicted molar refractivity (Wildman–Crippen MR) is 114 cm³/mol. The molecular weight excluding hydrogens is 457 g/mol. The first kappa shape index (κ1) is 25.4. The first-order chi connectivity index (χ1) is 16.1. The van der Waals surface area contributed by atoms with Crippen LogP contribution in [0.1, 0.15) is 34.8 Å². The van der Waals surface area contributed by atoms with E-state index in [-0.39, 0.29) is 24.2 Å². The lowest BCUT2D eigenvalue weighted by atomic mass is 9.92. The Morgan fingerprint density at radius 2 is 1.79 bits per heavy atom. The van der Waals surface area contributed by atoms with E-state index in [0.717, 1.165) is 19.2 Å². The lowest BCUT2D eigenvalue weighted by Gasteiger charge is -2.34. The normalized spacial score (nSPS) is 18.2. The zero-order valence-corrected chi connectivity index (χ0v) is 19.1. The van der Waals surface area contributed by atoms with Crippen molar-refractivity contribution in [1.29, 1.82) is 0 Å². The average molecular weight is 482 g/mol. The third kappa shape index (κ3) is 4.68. The monoisotopic (exact) mass is 482 g/mol. The van der Waals surface area contributed by atoms with Gasteiger partial charge in [0.1, 0.15) is 29.3 Å². The molecular formula is C24H25F3O7. The van der Waals surface area contributed by atoms with Crippen molar-refractivity contribution in [3.8, 4) is 11.5 Å². The lowest BCUT2D eigenvalue weighted by molar-refractivity contribution is -0.278. The molecule has 3 atom stereocenters. The van der Waals surface area contributed by atoms with Crippen LogP contribution < -0.4 is 9.47 Å². The zero-order chi connectivity index (χ0) is 25.1. The van der Waals surface area contributed by atoms with Crippen molar-refractivity contribution in [2.24, 2.45) is 0 Å². The van der Waals surface area contributed by atoms with Crippen LogP contribution in [0.5, 0.6) is 11.5 Å². The Balaban J connectivity index is 1.79. The van der Waals surface area contributed by atoms with E-state index >= 15 is 0 Å². The summed E-state index contributed by atoms with van der Waals surface area (Å²) in [5.74, 6) is -1.49. The molecule has 184 valence electrons. The highest BCUT2D eigenvalue weighted by molar-refractivity contribution is 5.95. The Bertz CT molecular complexity index is 1040. The number of rotatable bonds is 8. The second-order valence-corrected chi connectivity index (χ2v) is 7.80. The molecule has 1 aliphatic rings. The number of ether oxygens (including phenoxy) is 5. The Morgan fingerprint density at radius 3 is 2.35 bits per heavy atom. The molecule has 0 N–H and O–H groups in total. The number of carbonyl (C=O) groups is 2. The van der Waals surface area contributed by atoms with Gasteiger partial charge in [0.25, 0.3) is 5.60 Å². The van der Waals surface area contributed by atoms with Gasteiger partial charge in [-0.1, -0.05) is 30.3 Å². The largest absolute Gasteiger partial charge is 0.497 e. The summed E-state index contributed by atoms with van der Waals surface area (Å²) in [6, 6.07) is 9.76. The molecule has 3 rings (SSSR count). The van der Waals surface area contributed by atoms with Crippen LogP contribution in [-0.4, -0.2) is 51.7 Å². The van der Waals surface area contributed by atoms with E-state index in [2.05, 4.69) is 0 Å². The summed E-state index contributed by atoms with van der Waals surface area (Å²) >= 11 is 0. The minimum Gasteiger partial charge on any atom is -0.497 e. The van der Waals surface area contributed by atoms with E-state index in [1.807, 2.05) is 0 Å². The van der Waals surface area contributed by atoms with Crippen molar-refractivity contribution in [1.82, 2.24) is 0 Å². The fraction of sp³-hybridized carbons (Fsp3) is 0.417. The number of alkyl halides is 3. The number of methoxy groups -OCH3 is 3. The second kappa shape index (κ2) is 9.92. The van der Waals surface area contributed by atoms with E-state index in [4.69, 9.17) is 23.7 Å². The van der Waals surface area contributed by atoms with Gasteiger partial charge < -0.3 is 23.7 Å². The van der Waals surface area contributed by atoms with E-state index in [9.17, 15) is 22.8 Å². The first-order valence-electron chi connectivity index (χ1n) is 10.4. The van der Waals surface area contributed by atoms with Gasteiger partial charge in [0, 0.05) is 31.6 Å². The van der Waals surface area contributed by atoms with Crippen LogP contribution in [0.25, 0.3) is 0 Å². The van der Waals surface area contributed by atoms with Crippen LogP contribution in [0.2, 0.25) is 0 Å². The number of hydrogen-bond acceptors (Lipinski definition) is 7. The Labute approximate surface area is 194 Å². The van der Waals surface area contributed by atoms with Crippen molar-refractivity contribution in [2.75, 3.05) is 21.3 Å². The van der Waals surface area contributed by atoms with Gasteiger partial charge in [-0.2, -0.15) is 13.2 Å². The van der Waals surface area contributed by atoms with Crippen LogP contribution in [0.15, 0.2) is 42.5 Å². The van der Waals surface area contributed by atoms with E-state index < -0.39 is 41.5 Å². The fourth-order valence-electron chi connectivity index (χ4n) is 4.02. The maximum absolute atomic E-state index is 14.1. The second-order valence-electron chi connectivity index (χ2n) is 7.80. The highest BCUT2D eigenvalue weighted by Gasteiger charge is 2.64. The summed E-state index contributed by atoms with van der Waals surface area (Å²) in [6.07, 6.45) is -6.62. The minimum absolute atomic E-state index is 0.0249. The molecule has 0 saturated heterocycles. The van der Waals surface area contributed by atoms with Crippen molar-refractivity contribution in [3.05, 3.63) is 59.2 Å². The molecule has 2 aromatic rings. The van der Waals surface area contributed by atoms with Gasteiger partial charge in [-0.25, -0.2) is 9.59 Å². The number of hydrogen-bond donors (Lipinski definition) is 0. The Kier molecular flexibility index (Phi) is 7.40. The molecule has 0 fully saturated rings. The van der Waals surface area contributed by atoms with Crippen molar-refractivity contribution >= 4 is 11.9 Å². The molecule has 0 amide bonds. The molecule has 1 aliphatic heterocycles. The Hall–Kier alpha value is -3.27. The van der Waals surface area contributed by atoms with Crippen molar-refractivity contribution in [3.63, 3.8) is 0 Å². The van der Waals surface area contributed by atoms with E-state index in [1.54, 1.807) is 12.1 Å². The summed E-state index contributed by atoms with van der Waals surface area (Å²) in [5, 5.41) is 0. The van der Waals surface area contributed by atoms with Gasteiger partial charge in [0.2, 0.25) is 0 Å². The van der Waals surface area contributed by atoms with Gasteiger partial charge in [-0.3, -0.25) is 0 Å². The SMILES string of the molecule is COc1cc2c(c(OC)c1)C(=O)O[C@H](C[C@@H](C)OC(=O)[C@](OC)(c1ccccc1)C(F)(F)F)C2. The summed E-state index contributed by atoms with van der Waals surface area (Å²) in [7, 11) is 3.68. The lowest BCUT2D eigenvalue weighted by Crippen LogP contribution is -2.52. The van der Waals surface area contributed by atoms with Crippen LogP contribution in [0.4, 0.5) is 13.2 Å². The summed E-state index contributed by atoms with van der Waals surface area (Å²) in [5.41, 5.74) is -2.84. The van der Waals surface area contributed by atoms with Crippen LogP contribution >= 0.6 is 0 Å². The molecule has 0 aromatic heterocycles. The number of esters is 2. The maximum Gasteiger partial charge on any atom is 0.432 e. The molecule has 0 aliphatic carbocycles. The van der Waals surface area contributed by atoms with Gasteiger partial charge in [-0.15, -0.1) is 0 Å². The number of halogens is 3. The molecule has 7 nitrogen and oxygen atoms in total. The summed E-state index contributed by atoms with van der Waals surface area (Å²) < 4.78 is 68.0. The molecule has 0 saturated carbocycles. The molecule has 1 heterocycles. The van der Waals surface area contributed by atoms with Gasteiger partial charge in [-0.05, 0) is 18.6 Å². The summed E-state index contributed by atoms with van der Waals surface area (Å²) in [6.45, 7) is 1.43.